The van der Waals surface area contributed by atoms with Crippen LogP contribution in [0.25, 0.3) is 22.4 Å². The van der Waals surface area contributed by atoms with Crippen LogP contribution in [0.2, 0.25) is 0 Å². The number of piperidine rings is 1. The Bertz CT molecular complexity index is 944. The Morgan fingerprint density at radius 2 is 1.86 bits per heavy atom. The van der Waals surface area contributed by atoms with E-state index < -0.39 is 0 Å². The van der Waals surface area contributed by atoms with Crippen molar-refractivity contribution in [1.29, 1.82) is 0 Å². The Kier molecular flexibility index (Phi) is 4.24. The lowest BCUT2D eigenvalue weighted by Crippen LogP contribution is -2.47. The lowest BCUT2D eigenvalue weighted by Gasteiger charge is -2.36. The Balaban J connectivity index is 1.35. The number of rotatable bonds is 4. The highest BCUT2D eigenvalue weighted by molar-refractivity contribution is 5.73. The van der Waals surface area contributed by atoms with Crippen LogP contribution in [0, 0.1) is 0 Å². The molecule has 1 aromatic carbocycles. The summed E-state index contributed by atoms with van der Waals surface area (Å²) in [6.07, 6.45) is 12.0. The van der Waals surface area contributed by atoms with Gasteiger partial charge in [-0.15, -0.1) is 0 Å². The lowest BCUT2D eigenvalue weighted by molar-refractivity contribution is 0.353. The maximum Gasteiger partial charge on any atom is 0.147 e. The number of phenols is 1. The fourth-order valence-corrected chi connectivity index (χ4v) is 4.51. The van der Waals surface area contributed by atoms with Crippen molar-refractivity contribution in [2.45, 2.75) is 43.8 Å². The molecule has 3 aromatic rings. The van der Waals surface area contributed by atoms with E-state index in [9.17, 15) is 5.11 Å². The average molecular weight is 376 g/mol. The second kappa shape index (κ2) is 6.91. The molecule has 5 rings (SSSR count). The van der Waals surface area contributed by atoms with Crippen LogP contribution in [0.5, 0.6) is 5.75 Å². The van der Waals surface area contributed by atoms with Crippen molar-refractivity contribution in [3.8, 4) is 28.1 Å². The van der Waals surface area contributed by atoms with Gasteiger partial charge in [0.25, 0.3) is 0 Å². The summed E-state index contributed by atoms with van der Waals surface area (Å²) < 4.78 is 0. The zero-order chi connectivity index (χ0) is 19.1. The van der Waals surface area contributed by atoms with Crippen LogP contribution in [0.3, 0.4) is 0 Å². The van der Waals surface area contributed by atoms with Gasteiger partial charge in [0.1, 0.15) is 11.6 Å². The summed E-state index contributed by atoms with van der Waals surface area (Å²) >= 11 is 0. The molecular weight excluding hydrogens is 352 g/mol. The predicted octanol–water partition coefficient (Wildman–Crippen LogP) is 2.96. The third-order valence-corrected chi connectivity index (χ3v) is 6.10. The summed E-state index contributed by atoms with van der Waals surface area (Å²) in [5.74, 6) is 1.06. The highest BCUT2D eigenvalue weighted by atomic mass is 16.3. The van der Waals surface area contributed by atoms with Crippen molar-refractivity contribution in [2.75, 3.05) is 11.9 Å². The van der Waals surface area contributed by atoms with Crippen molar-refractivity contribution in [3.05, 3.63) is 43.0 Å². The van der Waals surface area contributed by atoms with Gasteiger partial charge in [-0.05, 0) is 43.4 Å². The van der Waals surface area contributed by atoms with E-state index in [0.29, 0.717) is 29.4 Å². The third-order valence-electron chi connectivity index (χ3n) is 6.10. The Morgan fingerprint density at radius 3 is 2.50 bits per heavy atom. The van der Waals surface area contributed by atoms with Crippen LogP contribution in [0.4, 0.5) is 5.82 Å². The molecule has 2 aliphatic rings. The highest BCUT2D eigenvalue weighted by Gasteiger charge is 2.35. The highest BCUT2D eigenvalue weighted by Crippen LogP contribution is 2.33. The molecule has 0 radical (unpaired) electrons. The first-order chi connectivity index (χ1) is 13.7. The van der Waals surface area contributed by atoms with Gasteiger partial charge in [-0.3, -0.25) is 10.1 Å². The van der Waals surface area contributed by atoms with E-state index in [1.807, 2.05) is 18.3 Å². The van der Waals surface area contributed by atoms with Crippen molar-refractivity contribution in [2.24, 2.45) is 0 Å². The standard InChI is InChI=1S/C21H24N6O/c1-27(17-7-15-3-4-16(8-17)26-15)21-12-22-19(11-23-21)18-5-2-13(6-20(18)28)14-9-24-25-10-14/h2,5-6,9-12,15-17,26,28H,3-4,7-8H2,1H3,(H,24,25)/t15-,16+,17?. The summed E-state index contributed by atoms with van der Waals surface area (Å²) in [5, 5.41) is 20.9. The minimum atomic E-state index is 0.184. The summed E-state index contributed by atoms with van der Waals surface area (Å²) in [7, 11) is 2.11. The van der Waals surface area contributed by atoms with Crippen LogP contribution in [0.1, 0.15) is 25.7 Å². The normalized spacial score (nSPS) is 23.7. The summed E-state index contributed by atoms with van der Waals surface area (Å²) in [5.41, 5.74) is 3.17. The first-order valence-electron chi connectivity index (χ1n) is 9.81. The van der Waals surface area contributed by atoms with E-state index in [1.54, 1.807) is 24.7 Å². The van der Waals surface area contributed by atoms with E-state index >= 15 is 0 Å². The number of nitrogens with one attached hydrogen (secondary N) is 2. The average Bonchev–Trinajstić information content (AvgIpc) is 3.37. The minimum absolute atomic E-state index is 0.184. The van der Waals surface area contributed by atoms with Crippen molar-refractivity contribution in [1.82, 2.24) is 25.5 Å². The monoisotopic (exact) mass is 376 g/mol. The molecule has 0 spiro atoms. The van der Waals surface area contributed by atoms with Crippen LogP contribution in [-0.2, 0) is 0 Å². The van der Waals surface area contributed by atoms with Gasteiger partial charge in [0, 0.05) is 42.5 Å². The number of benzene rings is 1. The molecule has 3 atom stereocenters. The van der Waals surface area contributed by atoms with E-state index in [2.05, 4.69) is 37.4 Å². The van der Waals surface area contributed by atoms with Gasteiger partial charge in [0.2, 0.25) is 0 Å². The first kappa shape index (κ1) is 17.2. The maximum absolute atomic E-state index is 10.5. The molecule has 7 heteroatoms. The van der Waals surface area contributed by atoms with E-state index in [0.717, 1.165) is 29.8 Å². The number of nitrogens with zero attached hydrogens (tertiary/aromatic N) is 4. The number of hydrogen-bond donors (Lipinski definition) is 3. The van der Waals surface area contributed by atoms with Crippen LogP contribution >= 0.6 is 0 Å². The molecule has 0 aliphatic carbocycles. The lowest BCUT2D eigenvalue weighted by atomic mass is 9.98. The number of aromatic amines is 1. The summed E-state index contributed by atoms with van der Waals surface area (Å²) in [6.45, 7) is 0. The molecule has 3 N–H and O–H groups in total. The molecule has 0 amide bonds. The molecule has 0 saturated carbocycles. The summed E-state index contributed by atoms with van der Waals surface area (Å²) in [6, 6.07) is 7.34. The molecule has 2 bridgehead atoms. The van der Waals surface area contributed by atoms with Gasteiger partial charge in [-0.1, -0.05) is 6.07 Å². The number of aromatic hydroxyl groups is 1. The predicted molar refractivity (Wildman–Crippen MR) is 108 cm³/mol. The second-order valence-electron chi connectivity index (χ2n) is 7.85. The molecule has 2 aliphatic heterocycles. The molecule has 2 fully saturated rings. The Labute approximate surface area is 163 Å². The zero-order valence-corrected chi connectivity index (χ0v) is 15.8. The van der Waals surface area contributed by atoms with Crippen LogP contribution in [0.15, 0.2) is 43.0 Å². The SMILES string of the molecule is CN(c1cnc(-c2ccc(-c3cn[nH]c3)cc2O)cn1)C1C[C@H]2CC[C@@H](C1)N2. The molecule has 4 heterocycles. The van der Waals surface area contributed by atoms with E-state index in [-0.39, 0.29) is 5.75 Å². The second-order valence-corrected chi connectivity index (χ2v) is 7.85. The number of aromatic nitrogens is 4. The number of fused-ring (bicyclic) bond motifs is 2. The molecular formula is C21H24N6O. The van der Waals surface area contributed by atoms with Gasteiger partial charge < -0.3 is 15.3 Å². The van der Waals surface area contributed by atoms with Crippen LogP contribution < -0.4 is 10.2 Å². The van der Waals surface area contributed by atoms with Crippen molar-refractivity contribution < 1.29 is 5.11 Å². The number of phenolic OH excluding ortho intramolecular Hbond substituents is 1. The fraction of sp³-hybridized carbons (Fsp3) is 0.381. The molecule has 7 nitrogen and oxygen atoms in total. The minimum Gasteiger partial charge on any atom is -0.507 e. The molecule has 1 unspecified atom stereocenters. The number of hydrogen-bond acceptors (Lipinski definition) is 6. The quantitative estimate of drug-likeness (QED) is 0.649. The molecule has 2 aromatic heterocycles. The van der Waals surface area contributed by atoms with Crippen molar-refractivity contribution >= 4 is 5.82 Å². The zero-order valence-electron chi connectivity index (χ0n) is 15.8. The van der Waals surface area contributed by atoms with Gasteiger partial charge in [-0.2, -0.15) is 5.10 Å². The van der Waals surface area contributed by atoms with Crippen LogP contribution in [-0.4, -0.2) is 50.4 Å². The van der Waals surface area contributed by atoms with Gasteiger partial charge in [0.05, 0.1) is 24.3 Å². The molecule has 28 heavy (non-hydrogen) atoms. The fourth-order valence-electron chi connectivity index (χ4n) is 4.51. The Hall–Kier alpha value is -2.93. The molecule has 144 valence electrons. The molecule has 2 saturated heterocycles. The van der Waals surface area contributed by atoms with Crippen molar-refractivity contribution in [3.63, 3.8) is 0 Å². The van der Waals surface area contributed by atoms with E-state index in [1.165, 1.54) is 12.8 Å². The van der Waals surface area contributed by atoms with Gasteiger partial charge in [-0.25, -0.2) is 4.98 Å². The number of anilines is 1. The topological polar surface area (TPSA) is 90.0 Å². The smallest absolute Gasteiger partial charge is 0.147 e. The summed E-state index contributed by atoms with van der Waals surface area (Å²) in [4.78, 5) is 11.5. The maximum atomic E-state index is 10.5. The first-order valence-corrected chi connectivity index (χ1v) is 9.81. The third kappa shape index (κ3) is 3.11. The number of H-pyrrole nitrogens is 1. The van der Waals surface area contributed by atoms with Gasteiger partial charge >= 0.3 is 0 Å². The van der Waals surface area contributed by atoms with Gasteiger partial charge in [0.15, 0.2) is 0 Å². The largest absolute Gasteiger partial charge is 0.507 e. The Morgan fingerprint density at radius 1 is 1.04 bits per heavy atom. The van der Waals surface area contributed by atoms with E-state index in [4.69, 9.17) is 0 Å².